The van der Waals surface area contributed by atoms with Crippen LogP contribution in [-0.4, -0.2) is 24.0 Å². The fraction of sp³-hybridized carbons (Fsp3) is 0.462. The Kier molecular flexibility index (Phi) is 8.70. The summed E-state index contributed by atoms with van der Waals surface area (Å²) in [5, 5.41) is 12.8. The number of hydrogen-bond donors (Lipinski definition) is 3. The summed E-state index contributed by atoms with van der Waals surface area (Å²) in [5.74, 6) is -0.0404. The molecular weight excluding hydrogens is 404 g/mol. The van der Waals surface area contributed by atoms with Gasteiger partial charge in [0.1, 0.15) is 11.5 Å². The Balaban J connectivity index is 2.32. The van der Waals surface area contributed by atoms with Gasteiger partial charge in [-0.15, -0.1) is 0 Å². The van der Waals surface area contributed by atoms with E-state index in [4.69, 9.17) is 10.5 Å². The largest absolute Gasteiger partial charge is 0.508 e. The molecule has 2 amide bonds. The van der Waals surface area contributed by atoms with Crippen LogP contribution in [0.5, 0.6) is 11.5 Å². The number of carbonyl (C=O) groups is 2. The van der Waals surface area contributed by atoms with Crippen molar-refractivity contribution < 1.29 is 19.4 Å². The van der Waals surface area contributed by atoms with Crippen LogP contribution in [-0.2, 0) is 10.2 Å². The van der Waals surface area contributed by atoms with Crippen LogP contribution in [0.15, 0.2) is 36.4 Å². The second-order valence-corrected chi connectivity index (χ2v) is 9.25. The van der Waals surface area contributed by atoms with E-state index < -0.39 is 5.91 Å². The first-order valence-electron chi connectivity index (χ1n) is 11.2. The maximum Gasteiger partial charge on any atom is 0.248 e. The van der Waals surface area contributed by atoms with Gasteiger partial charge in [0.25, 0.3) is 0 Å². The third-order valence-corrected chi connectivity index (χ3v) is 5.63. The molecule has 1 unspecified atom stereocenters. The Bertz CT molecular complexity index is 947. The minimum atomic E-state index is -0.535. The van der Waals surface area contributed by atoms with Crippen molar-refractivity contribution in [3.63, 3.8) is 0 Å². The summed E-state index contributed by atoms with van der Waals surface area (Å²) < 4.78 is 5.48. The molecule has 174 valence electrons. The van der Waals surface area contributed by atoms with E-state index in [0.29, 0.717) is 17.0 Å². The molecule has 0 radical (unpaired) electrons. The molecule has 6 heteroatoms. The highest BCUT2D eigenvalue weighted by Gasteiger charge is 2.23. The fourth-order valence-electron chi connectivity index (χ4n) is 3.93. The van der Waals surface area contributed by atoms with Gasteiger partial charge in [0.15, 0.2) is 0 Å². The normalized spacial score (nSPS) is 12.3. The van der Waals surface area contributed by atoms with Crippen molar-refractivity contribution in [2.75, 3.05) is 12.4 Å². The van der Waals surface area contributed by atoms with Crippen LogP contribution in [0.25, 0.3) is 0 Å². The molecule has 2 rings (SSSR count). The summed E-state index contributed by atoms with van der Waals surface area (Å²) >= 11 is 0. The number of amides is 2. The van der Waals surface area contributed by atoms with Gasteiger partial charge in [-0.25, -0.2) is 0 Å². The molecule has 2 aromatic rings. The minimum Gasteiger partial charge on any atom is -0.508 e. The van der Waals surface area contributed by atoms with Gasteiger partial charge in [-0.3, -0.25) is 9.59 Å². The number of carbonyl (C=O) groups excluding carboxylic acids is 2. The standard InChI is InChI=1S/C26H36N2O4/c1-6-7-8-9-17(20-12-11-19(29)16-23(20)32-5)15-24(30)28-22-14-18(25(27)31)10-13-21(22)26(2,3)4/h10-14,16-17,29H,6-9,15H2,1-5H3,(H2,27,31)(H,28,30). The monoisotopic (exact) mass is 440 g/mol. The molecule has 32 heavy (non-hydrogen) atoms. The summed E-state index contributed by atoms with van der Waals surface area (Å²) in [7, 11) is 1.56. The lowest BCUT2D eigenvalue weighted by atomic mass is 9.84. The third-order valence-electron chi connectivity index (χ3n) is 5.63. The smallest absolute Gasteiger partial charge is 0.248 e. The molecule has 2 aromatic carbocycles. The van der Waals surface area contributed by atoms with Crippen LogP contribution < -0.4 is 15.8 Å². The topological polar surface area (TPSA) is 102 Å². The van der Waals surface area contributed by atoms with E-state index >= 15 is 0 Å². The predicted octanol–water partition coefficient (Wildman–Crippen LogP) is 5.49. The molecule has 0 aromatic heterocycles. The Morgan fingerprint density at radius 2 is 1.84 bits per heavy atom. The average molecular weight is 441 g/mol. The lowest BCUT2D eigenvalue weighted by Gasteiger charge is -2.25. The Hall–Kier alpha value is -3.02. The van der Waals surface area contributed by atoms with Gasteiger partial charge < -0.3 is 20.9 Å². The number of benzene rings is 2. The van der Waals surface area contributed by atoms with Crippen LogP contribution in [0, 0.1) is 0 Å². The van der Waals surface area contributed by atoms with Gasteiger partial charge >= 0.3 is 0 Å². The predicted molar refractivity (Wildman–Crippen MR) is 128 cm³/mol. The van der Waals surface area contributed by atoms with Crippen molar-refractivity contribution in [1.29, 1.82) is 0 Å². The van der Waals surface area contributed by atoms with Crippen molar-refractivity contribution in [3.8, 4) is 11.5 Å². The second-order valence-electron chi connectivity index (χ2n) is 9.25. The van der Waals surface area contributed by atoms with E-state index in [2.05, 4.69) is 33.0 Å². The molecule has 0 saturated carbocycles. The zero-order valence-electron chi connectivity index (χ0n) is 19.8. The lowest BCUT2D eigenvalue weighted by Crippen LogP contribution is -2.22. The molecule has 0 aliphatic rings. The zero-order chi connectivity index (χ0) is 23.9. The fourth-order valence-corrected chi connectivity index (χ4v) is 3.93. The van der Waals surface area contributed by atoms with Crippen molar-refractivity contribution in [2.45, 2.75) is 71.1 Å². The van der Waals surface area contributed by atoms with Gasteiger partial charge in [-0.05, 0) is 47.1 Å². The molecule has 4 N–H and O–H groups in total. The number of ether oxygens (including phenoxy) is 1. The van der Waals surface area contributed by atoms with E-state index in [1.807, 2.05) is 12.1 Å². The number of methoxy groups -OCH3 is 1. The Labute approximate surface area is 191 Å². The third kappa shape index (κ3) is 6.74. The molecule has 0 bridgehead atoms. The Morgan fingerprint density at radius 3 is 2.44 bits per heavy atom. The molecule has 0 heterocycles. The lowest BCUT2D eigenvalue weighted by molar-refractivity contribution is -0.116. The summed E-state index contributed by atoms with van der Waals surface area (Å²) in [6, 6.07) is 10.2. The highest BCUT2D eigenvalue weighted by atomic mass is 16.5. The highest BCUT2D eigenvalue weighted by molar-refractivity contribution is 5.97. The number of aromatic hydroxyl groups is 1. The summed E-state index contributed by atoms with van der Waals surface area (Å²) in [4.78, 5) is 24.8. The molecule has 0 fully saturated rings. The molecule has 0 spiro atoms. The van der Waals surface area contributed by atoms with Gasteiger partial charge in [-0.1, -0.05) is 59.1 Å². The molecule has 0 saturated heterocycles. The van der Waals surface area contributed by atoms with Crippen LogP contribution in [0.4, 0.5) is 5.69 Å². The molecule has 0 aliphatic heterocycles. The number of unbranched alkanes of at least 4 members (excludes halogenated alkanes) is 2. The number of phenolic OH excluding ortho intramolecular Hbond substituents is 1. The number of anilines is 1. The first kappa shape index (κ1) is 25.2. The van der Waals surface area contributed by atoms with Gasteiger partial charge in [0.2, 0.25) is 11.8 Å². The van der Waals surface area contributed by atoms with Crippen LogP contribution >= 0.6 is 0 Å². The average Bonchev–Trinajstić information content (AvgIpc) is 2.72. The number of primary amides is 1. The SMILES string of the molecule is CCCCCC(CC(=O)Nc1cc(C(N)=O)ccc1C(C)(C)C)c1ccc(O)cc1OC. The summed E-state index contributed by atoms with van der Waals surface area (Å²) in [6.07, 6.45) is 4.24. The molecule has 6 nitrogen and oxygen atoms in total. The van der Waals surface area contributed by atoms with E-state index in [9.17, 15) is 14.7 Å². The first-order valence-corrected chi connectivity index (χ1v) is 11.2. The molecule has 0 aliphatic carbocycles. The number of phenols is 1. The van der Waals surface area contributed by atoms with E-state index in [1.54, 1.807) is 31.4 Å². The minimum absolute atomic E-state index is 0.0606. The molecule has 1 atom stereocenters. The number of hydrogen-bond acceptors (Lipinski definition) is 4. The van der Waals surface area contributed by atoms with E-state index in [-0.39, 0.29) is 29.4 Å². The van der Waals surface area contributed by atoms with Crippen molar-refractivity contribution in [2.24, 2.45) is 5.73 Å². The Morgan fingerprint density at radius 1 is 1.12 bits per heavy atom. The second kappa shape index (κ2) is 11.0. The summed E-state index contributed by atoms with van der Waals surface area (Å²) in [5.41, 5.74) is 8.02. The number of nitrogens with one attached hydrogen (secondary N) is 1. The zero-order valence-corrected chi connectivity index (χ0v) is 19.8. The van der Waals surface area contributed by atoms with Crippen molar-refractivity contribution in [3.05, 3.63) is 53.1 Å². The number of rotatable bonds is 10. The molecular formula is C26H36N2O4. The van der Waals surface area contributed by atoms with Gasteiger partial charge in [0.05, 0.1) is 7.11 Å². The van der Waals surface area contributed by atoms with Crippen molar-refractivity contribution >= 4 is 17.5 Å². The maximum atomic E-state index is 13.1. The van der Waals surface area contributed by atoms with Crippen molar-refractivity contribution in [1.82, 2.24) is 0 Å². The van der Waals surface area contributed by atoms with Gasteiger partial charge in [-0.2, -0.15) is 0 Å². The highest BCUT2D eigenvalue weighted by Crippen LogP contribution is 2.36. The van der Waals surface area contributed by atoms with Gasteiger partial charge in [0, 0.05) is 23.7 Å². The van der Waals surface area contributed by atoms with Crippen LogP contribution in [0.1, 0.15) is 87.2 Å². The first-order chi connectivity index (χ1) is 15.1. The van der Waals surface area contributed by atoms with E-state index in [0.717, 1.165) is 36.8 Å². The maximum absolute atomic E-state index is 13.1. The van der Waals surface area contributed by atoms with Crippen LogP contribution in [0.3, 0.4) is 0 Å². The quantitative estimate of drug-likeness (QED) is 0.425. The number of nitrogens with two attached hydrogens (primary N) is 1. The van der Waals surface area contributed by atoms with Crippen LogP contribution in [0.2, 0.25) is 0 Å². The summed E-state index contributed by atoms with van der Waals surface area (Å²) in [6.45, 7) is 8.30. The van der Waals surface area contributed by atoms with E-state index in [1.165, 1.54) is 0 Å².